The Hall–Kier alpha value is -1.59. The smallest absolute Gasteiger partial charge is 0.255 e. The maximum absolute atomic E-state index is 12.3. The van der Waals surface area contributed by atoms with Crippen LogP contribution in [0.5, 0.6) is 5.75 Å². The molecule has 0 bridgehead atoms. The van der Waals surface area contributed by atoms with Crippen molar-refractivity contribution < 1.29 is 14.3 Å². The molecule has 0 saturated carbocycles. The molecular weight excluding hydrogens is 268 g/mol. The van der Waals surface area contributed by atoms with Gasteiger partial charge in [0.05, 0.1) is 11.7 Å². The lowest BCUT2D eigenvalue weighted by Crippen LogP contribution is -2.48. The van der Waals surface area contributed by atoms with Gasteiger partial charge in [-0.3, -0.25) is 4.79 Å². The molecule has 0 aromatic heterocycles. The van der Waals surface area contributed by atoms with Gasteiger partial charge in [-0.2, -0.15) is 0 Å². The molecule has 3 rings (SSSR count). The van der Waals surface area contributed by atoms with E-state index in [-0.39, 0.29) is 12.0 Å². The second-order valence-electron chi connectivity index (χ2n) is 5.68. The molecule has 2 heterocycles. The first kappa shape index (κ1) is 14.4. The molecule has 1 atom stereocenters. The Labute approximate surface area is 125 Å². The van der Waals surface area contributed by atoms with E-state index in [2.05, 4.69) is 10.6 Å². The van der Waals surface area contributed by atoms with Crippen molar-refractivity contribution in [3.8, 4) is 5.75 Å². The zero-order valence-corrected chi connectivity index (χ0v) is 12.1. The van der Waals surface area contributed by atoms with Crippen LogP contribution in [0, 0.1) is 5.92 Å². The van der Waals surface area contributed by atoms with Gasteiger partial charge in [-0.1, -0.05) is 12.1 Å². The number of hydrogen-bond donors (Lipinski definition) is 2. The van der Waals surface area contributed by atoms with E-state index in [1.807, 2.05) is 18.2 Å². The molecule has 114 valence electrons. The van der Waals surface area contributed by atoms with Crippen molar-refractivity contribution in [2.45, 2.75) is 18.9 Å². The van der Waals surface area contributed by atoms with Crippen molar-refractivity contribution in [3.05, 3.63) is 29.8 Å². The van der Waals surface area contributed by atoms with Crippen LogP contribution in [0.2, 0.25) is 0 Å². The van der Waals surface area contributed by atoms with Gasteiger partial charge in [0.1, 0.15) is 12.4 Å². The van der Waals surface area contributed by atoms with Crippen LogP contribution in [0.4, 0.5) is 0 Å². The third-order valence-corrected chi connectivity index (χ3v) is 4.00. The van der Waals surface area contributed by atoms with E-state index in [1.165, 1.54) is 0 Å². The van der Waals surface area contributed by atoms with Gasteiger partial charge in [-0.05, 0) is 25.0 Å². The van der Waals surface area contributed by atoms with Crippen molar-refractivity contribution in [2.75, 3.05) is 32.8 Å². The van der Waals surface area contributed by atoms with Gasteiger partial charge in [-0.15, -0.1) is 0 Å². The van der Waals surface area contributed by atoms with E-state index in [9.17, 15) is 4.79 Å². The number of para-hydroxylation sites is 1. The van der Waals surface area contributed by atoms with E-state index in [0.717, 1.165) is 32.5 Å². The molecular formula is C16H22N2O3. The predicted molar refractivity (Wildman–Crippen MR) is 79.6 cm³/mol. The zero-order valence-electron chi connectivity index (χ0n) is 12.1. The molecule has 1 amide bonds. The highest BCUT2D eigenvalue weighted by atomic mass is 16.5. The number of nitrogens with one attached hydrogen (secondary N) is 2. The Bertz CT molecular complexity index is 482. The van der Waals surface area contributed by atoms with Gasteiger partial charge < -0.3 is 20.1 Å². The van der Waals surface area contributed by atoms with E-state index in [4.69, 9.17) is 9.47 Å². The topological polar surface area (TPSA) is 59.6 Å². The Balaban J connectivity index is 1.56. The van der Waals surface area contributed by atoms with E-state index < -0.39 is 0 Å². The van der Waals surface area contributed by atoms with Crippen molar-refractivity contribution in [3.63, 3.8) is 0 Å². The number of benzene rings is 1. The van der Waals surface area contributed by atoms with Crippen LogP contribution < -0.4 is 15.4 Å². The molecule has 5 heteroatoms. The first-order valence-electron chi connectivity index (χ1n) is 7.65. The summed E-state index contributed by atoms with van der Waals surface area (Å²) >= 11 is 0. The lowest BCUT2D eigenvalue weighted by molar-refractivity contribution is 0.0670. The van der Waals surface area contributed by atoms with Crippen LogP contribution in [0.3, 0.4) is 0 Å². The van der Waals surface area contributed by atoms with Crippen LogP contribution in [0.25, 0.3) is 0 Å². The lowest BCUT2D eigenvalue weighted by atomic mass is 10.0. The number of carbonyl (C=O) groups excluding carboxylic acids is 1. The van der Waals surface area contributed by atoms with Crippen LogP contribution in [0.1, 0.15) is 23.2 Å². The molecule has 2 aliphatic heterocycles. The maximum atomic E-state index is 12.3. The monoisotopic (exact) mass is 290 g/mol. The summed E-state index contributed by atoms with van der Waals surface area (Å²) in [4.78, 5) is 12.3. The maximum Gasteiger partial charge on any atom is 0.255 e. The fraction of sp³-hybridized carbons (Fsp3) is 0.562. The molecule has 5 nitrogen and oxygen atoms in total. The van der Waals surface area contributed by atoms with E-state index in [0.29, 0.717) is 30.4 Å². The standard InChI is InChI=1S/C16H22N2O3/c19-16(18-10-12-8-17-9-12)14-5-1-2-6-15(14)21-11-13-4-3-7-20-13/h1-2,5-6,12-13,17H,3-4,7-11H2,(H,18,19). The molecule has 0 radical (unpaired) electrons. The summed E-state index contributed by atoms with van der Waals surface area (Å²) < 4.78 is 11.3. The molecule has 1 aromatic rings. The number of hydrogen-bond acceptors (Lipinski definition) is 4. The van der Waals surface area contributed by atoms with Crippen LogP contribution >= 0.6 is 0 Å². The molecule has 1 aromatic carbocycles. The third-order valence-electron chi connectivity index (χ3n) is 4.00. The van der Waals surface area contributed by atoms with Crippen molar-refractivity contribution >= 4 is 5.91 Å². The highest BCUT2D eigenvalue weighted by Gasteiger charge is 2.20. The molecule has 1 unspecified atom stereocenters. The van der Waals surface area contributed by atoms with Gasteiger partial charge in [0.15, 0.2) is 0 Å². The first-order valence-corrected chi connectivity index (χ1v) is 7.65. The molecule has 2 aliphatic rings. The largest absolute Gasteiger partial charge is 0.490 e. The minimum Gasteiger partial charge on any atom is -0.490 e. The fourth-order valence-corrected chi connectivity index (χ4v) is 2.56. The second-order valence-corrected chi connectivity index (χ2v) is 5.68. The highest BCUT2D eigenvalue weighted by molar-refractivity contribution is 5.96. The van der Waals surface area contributed by atoms with Crippen molar-refractivity contribution in [1.29, 1.82) is 0 Å². The van der Waals surface area contributed by atoms with Crippen LogP contribution in [0.15, 0.2) is 24.3 Å². The van der Waals surface area contributed by atoms with Gasteiger partial charge in [0.25, 0.3) is 5.91 Å². The van der Waals surface area contributed by atoms with Gasteiger partial charge in [-0.25, -0.2) is 0 Å². The number of carbonyl (C=O) groups is 1. The zero-order chi connectivity index (χ0) is 14.5. The summed E-state index contributed by atoms with van der Waals surface area (Å²) in [6, 6.07) is 7.39. The van der Waals surface area contributed by atoms with Gasteiger partial charge in [0, 0.05) is 32.2 Å². The Morgan fingerprint density at radius 2 is 2.24 bits per heavy atom. The summed E-state index contributed by atoms with van der Waals surface area (Å²) in [7, 11) is 0. The van der Waals surface area contributed by atoms with E-state index >= 15 is 0 Å². The SMILES string of the molecule is O=C(NCC1CNC1)c1ccccc1OCC1CCCO1. The Morgan fingerprint density at radius 3 is 2.95 bits per heavy atom. The summed E-state index contributed by atoms with van der Waals surface area (Å²) in [6.07, 6.45) is 2.27. The third kappa shape index (κ3) is 3.74. The van der Waals surface area contributed by atoms with E-state index in [1.54, 1.807) is 6.07 Å². The number of rotatable bonds is 6. The van der Waals surface area contributed by atoms with Crippen molar-refractivity contribution in [2.24, 2.45) is 5.92 Å². The predicted octanol–water partition coefficient (Wildman–Crippen LogP) is 1.19. The van der Waals surface area contributed by atoms with Crippen LogP contribution in [-0.4, -0.2) is 44.9 Å². The summed E-state index contributed by atoms with van der Waals surface area (Å²) in [5.74, 6) is 1.12. The second kappa shape index (κ2) is 6.91. The van der Waals surface area contributed by atoms with Gasteiger partial charge in [0.2, 0.25) is 0 Å². The minimum absolute atomic E-state index is 0.0650. The summed E-state index contributed by atoms with van der Waals surface area (Å²) in [6.45, 7) is 4.00. The summed E-state index contributed by atoms with van der Waals surface area (Å²) in [5, 5.41) is 6.18. The molecule has 0 spiro atoms. The number of amides is 1. The Morgan fingerprint density at radius 1 is 1.38 bits per heavy atom. The molecule has 2 saturated heterocycles. The normalized spacial score (nSPS) is 21.8. The molecule has 0 aliphatic carbocycles. The van der Waals surface area contributed by atoms with Crippen molar-refractivity contribution in [1.82, 2.24) is 10.6 Å². The average Bonchev–Trinajstić information content (AvgIpc) is 2.97. The minimum atomic E-state index is -0.0650. The molecule has 21 heavy (non-hydrogen) atoms. The fourth-order valence-electron chi connectivity index (χ4n) is 2.56. The average molecular weight is 290 g/mol. The summed E-state index contributed by atoms with van der Waals surface area (Å²) in [5.41, 5.74) is 0.600. The quantitative estimate of drug-likeness (QED) is 0.826. The molecule has 2 N–H and O–H groups in total. The first-order chi connectivity index (χ1) is 10.3. The highest BCUT2D eigenvalue weighted by Crippen LogP contribution is 2.20. The number of ether oxygens (including phenoxy) is 2. The molecule has 2 fully saturated rings. The van der Waals surface area contributed by atoms with Crippen LogP contribution in [-0.2, 0) is 4.74 Å². The Kier molecular flexibility index (Phi) is 4.72. The van der Waals surface area contributed by atoms with Gasteiger partial charge >= 0.3 is 0 Å². The lowest BCUT2D eigenvalue weighted by Gasteiger charge is -2.27.